The van der Waals surface area contributed by atoms with E-state index in [9.17, 15) is 4.79 Å². The van der Waals surface area contributed by atoms with Crippen molar-refractivity contribution in [3.05, 3.63) is 10.5 Å². The number of carbonyl (C=O) groups is 1. The molecule has 0 aromatic carbocycles. The first kappa shape index (κ1) is 3.37. The molecule has 12 heavy (non-hydrogen) atoms. The standard InChI is InChI=1S/C9H14O2S/c1-2-11-9(10)7-5-3-4-6-8(7)12/h12H,2-6H2,1H3/i3D2,4D2,5D2,6D2. The van der Waals surface area contributed by atoms with Crippen LogP contribution in [0.1, 0.15) is 43.4 Å². The van der Waals surface area contributed by atoms with Gasteiger partial charge in [-0.2, -0.15) is 0 Å². The van der Waals surface area contributed by atoms with Crippen LogP contribution in [0.15, 0.2) is 10.5 Å². The van der Waals surface area contributed by atoms with Crippen LogP contribution in [-0.4, -0.2) is 12.6 Å². The normalized spacial score (nSPS) is 44.5. The predicted octanol–water partition coefficient (Wildman–Crippen LogP) is 2.31. The highest BCUT2D eigenvalue weighted by molar-refractivity contribution is 7.84. The molecule has 1 rings (SSSR count). The van der Waals surface area contributed by atoms with Crippen LogP contribution in [0, 0.1) is 0 Å². The van der Waals surface area contributed by atoms with Crippen molar-refractivity contribution in [1.29, 1.82) is 0 Å². The molecule has 0 aromatic heterocycles. The van der Waals surface area contributed by atoms with E-state index in [2.05, 4.69) is 17.4 Å². The Bertz CT molecular complexity index is 471. The molecule has 0 amide bonds. The van der Waals surface area contributed by atoms with Gasteiger partial charge in [-0.1, -0.05) is 0 Å². The van der Waals surface area contributed by atoms with Crippen LogP contribution < -0.4 is 0 Å². The number of ether oxygens (including phenoxy) is 1. The van der Waals surface area contributed by atoms with Gasteiger partial charge in [-0.15, -0.1) is 12.6 Å². The molecule has 0 radical (unpaired) electrons. The van der Waals surface area contributed by atoms with Gasteiger partial charge in [0.25, 0.3) is 0 Å². The summed E-state index contributed by atoms with van der Waals surface area (Å²) in [6.07, 6.45) is -12.5. The molecular formula is C9H14O2S. The Morgan fingerprint density at radius 3 is 3.00 bits per heavy atom. The smallest absolute Gasteiger partial charge is 0.334 e. The lowest BCUT2D eigenvalue weighted by atomic mass is 9.99. The van der Waals surface area contributed by atoms with Gasteiger partial charge < -0.3 is 4.74 Å². The molecule has 0 fully saturated rings. The van der Waals surface area contributed by atoms with Crippen molar-refractivity contribution in [2.24, 2.45) is 0 Å². The Balaban J connectivity index is 3.68. The maximum absolute atomic E-state index is 11.8. The van der Waals surface area contributed by atoms with Crippen molar-refractivity contribution >= 4 is 18.6 Å². The van der Waals surface area contributed by atoms with Crippen molar-refractivity contribution in [2.75, 3.05) is 6.61 Å². The Labute approximate surface area is 89.6 Å². The number of carbonyl (C=O) groups excluding carboxylic acids is 1. The topological polar surface area (TPSA) is 26.3 Å². The van der Waals surface area contributed by atoms with Gasteiger partial charge in [0.05, 0.1) is 6.61 Å². The van der Waals surface area contributed by atoms with Gasteiger partial charge in [0.2, 0.25) is 0 Å². The minimum Gasteiger partial charge on any atom is -0.463 e. The third-order valence-corrected chi connectivity index (χ3v) is 1.48. The first-order valence-electron chi connectivity index (χ1n) is 7.38. The van der Waals surface area contributed by atoms with Crippen LogP contribution in [0.2, 0.25) is 0 Å². The van der Waals surface area contributed by atoms with Gasteiger partial charge in [0.1, 0.15) is 0 Å². The van der Waals surface area contributed by atoms with E-state index < -0.39 is 41.9 Å². The molecule has 0 bridgehead atoms. The van der Waals surface area contributed by atoms with E-state index in [1.807, 2.05) is 0 Å². The highest BCUT2D eigenvalue weighted by Gasteiger charge is 2.17. The number of allylic oxidation sites excluding steroid dienone is 1. The minimum absolute atomic E-state index is 0.113. The Kier molecular flexibility index (Phi) is 1.28. The molecule has 0 heterocycles. The lowest BCUT2D eigenvalue weighted by molar-refractivity contribution is -0.138. The third kappa shape index (κ3) is 2.27. The van der Waals surface area contributed by atoms with Crippen molar-refractivity contribution in [3.63, 3.8) is 0 Å². The van der Waals surface area contributed by atoms with Crippen LogP contribution in [-0.2, 0) is 9.53 Å². The highest BCUT2D eigenvalue weighted by Crippen LogP contribution is 2.27. The zero-order valence-electron chi connectivity index (χ0n) is 14.5. The molecule has 0 unspecified atom stereocenters. The fourth-order valence-corrected chi connectivity index (χ4v) is 0.860. The summed E-state index contributed by atoms with van der Waals surface area (Å²) in [5.41, 5.74) is -0.923. The molecule has 0 aromatic rings. The van der Waals surface area contributed by atoms with Gasteiger partial charge in [0, 0.05) is 16.5 Å². The van der Waals surface area contributed by atoms with E-state index in [0.29, 0.717) is 0 Å². The molecule has 0 saturated heterocycles. The van der Waals surface area contributed by atoms with Crippen molar-refractivity contribution < 1.29 is 20.5 Å². The fourth-order valence-electron chi connectivity index (χ4n) is 0.657. The van der Waals surface area contributed by atoms with Crippen LogP contribution >= 0.6 is 12.6 Å². The predicted molar refractivity (Wildman–Crippen MR) is 51.1 cm³/mol. The summed E-state index contributed by atoms with van der Waals surface area (Å²) in [6, 6.07) is 0. The Morgan fingerprint density at radius 1 is 1.67 bits per heavy atom. The molecule has 1 aliphatic rings. The maximum atomic E-state index is 11.8. The zero-order valence-corrected chi connectivity index (χ0v) is 7.37. The molecule has 2 nitrogen and oxygen atoms in total. The number of hydrogen-bond acceptors (Lipinski definition) is 3. The van der Waals surface area contributed by atoms with E-state index in [1.165, 1.54) is 6.92 Å². The average Bonchev–Trinajstić information content (AvgIpc) is 2.26. The summed E-state index contributed by atoms with van der Waals surface area (Å²) in [7, 11) is 0. The summed E-state index contributed by atoms with van der Waals surface area (Å²) in [6.45, 7) is 1.34. The Morgan fingerprint density at radius 2 is 2.33 bits per heavy atom. The van der Waals surface area contributed by atoms with E-state index in [-0.39, 0.29) is 6.61 Å². The van der Waals surface area contributed by atoms with E-state index >= 15 is 0 Å². The number of thiol groups is 1. The molecule has 3 heteroatoms. The molecule has 0 spiro atoms. The summed E-state index contributed by atoms with van der Waals surface area (Å²) in [4.78, 5) is 11.0. The maximum Gasteiger partial charge on any atom is 0.334 e. The quantitative estimate of drug-likeness (QED) is 0.539. The summed E-state index contributed by atoms with van der Waals surface area (Å²) in [5, 5.41) is 0. The number of esters is 1. The third-order valence-electron chi connectivity index (χ3n) is 1.15. The van der Waals surface area contributed by atoms with Crippen molar-refractivity contribution in [3.8, 4) is 0 Å². The van der Waals surface area contributed by atoms with E-state index in [0.717, 1.165) is 0 Å². The number of rotatable bonds is 2. The lowest BCUT2D eigenvalue weighted by Crippen LogP contribution is -2.11. The number of hydrogen-bond donors (Lipinski definition) is 1. The lowest BCUT2D eigenvalue weighted by Gasteiger charge is -2.14. The van der Waals surface area contributed by atoms with Crippen LogP contribution in [0.4, 0.5) is 0 Å². The van der Waals surface area contributed by atoms with Crippen LogP contribution in [0.25, 0.3) is 0 Å². The molecule has 0 saturated carbocycles. The Hall–Kier alpha value is -0.440. The highest BCUT2D eigenvalue weighted by atomic mass is 32.1. The monoisotopic (exact) mass is 194 g/mol. The fraction of sp³-hybridized carbons (Fsp3) is 0.667. The second kappa shape index (κ2) is 4.55. The van der Waals surface area contributed by atoms with Crippen LogP contribution in [0.5, 0.6) is 0 Å². The van der Waals surface area contributed by atoms with E-state index in [1.54, 1.807) is 0 Å². The minimum atomic E-state index is -3.28. The van der Waals surface area contributed by atoms with E-state index in [4.69, 9.17) is 11.0 Å². The second-order valence-corrected chi connectivity index (χ2v) is 2.39. The van der Waals surface area contributed by atoms with Crippen molar-refractivity contribution in [2.45, 2.75) is 32.4 Å². The molecule has 0 atom stereocenters. The van der Waals surface area contributed by atoms with Gasteiger partial charge >= 0.3 is 5.97 Å². The van der Waals surface area contributed by atoms with Crippen LogP contribution in [0.3, 0.4) is 0 Å². The summed E-state index contributed by atoms with van der Waals surface area (Å²) in [5.74, 6) is -1.24. The molecular weight excluding hydrogens is 172 g/mol. The zero-order chi connectivity index (χ0) is 16.1. The molecule has 0 N–H and O–H groups in total. The average molecular weight is 194 g/mol. The molecule has 68 valence electrons. The summed E-state index contributed by atoms with van der Waals surface area (Å²) < 4.78 is 65.9. The first-order valence-corrected chi connectivity index (χ1v) is 3.82. The van der Waals surface area contributed by atoms with Gasteiger partial charge in [-0.25, -0.2) is 4.79 Å². The molecule has 1 aliphatic carbocycles. The SMILES string of the molecule is [2H]C1([2H])C(S)=C(C(=O)OCC)C([2H])([2H])C([2H])([2H])C1([2H])[2H]. The van der Waals surface area contributed by atoms with Gasteiger partial charge in [-0.3, -0.25) is 0 Å². The summed E-state index contributed by atoms with van der Waals surface area (Å²) >= 11 is 3.73. The van der Waals surface area contributed by atoms with Gasteiger partial charge in [0.15, 0.2) is 0 Å². The molecule has 0 aliphatic heterocycles. The first-order chi connectivity index (χ1) is 8.76. The largest absolute Gasteiger partial charge is 0.463 e. The van der Waals surface area contributed by atoms with Gasteiger partial charge in [-0.05, 0) is 37.3 Å². The van der Waals surface area contributed by atoms with Crippen molar-refractivity contribution in [1.82, 2.24) is 0 Å². The second-order valence-electron chi connectivity index (χ2n) is 1.94.